The number of unbranched alkanes of at least 4 members (excludes halogenated alkanes) is 1. The first-order valence-corrected chi connectivity index (χ1v) is 9.65. The van der Waals surface area contributed by atoms with Crippen LogP contribution in [0.25, 0.3) is 12.2 Å². The van der Waals surface area contributed by atoms with E-state index in [1.54, 1.807) is 12.2 Å². The second-order valence-corrected chi connectivity index (χ2v) is 6.81. The molecule has 0 amide bonds. The van der Waals surface area contributed by atoms with Crippen LogP contribution in [-0.4, -0.2) is 11.5 Å². The van der Waals surface area contributed by atoms with E-state index in [1.165, 1.54) is 24.0 Å². The summed E-state index contributed by atoms with van der Waals surface area (Å²) in [7, 11) is 0. The van der Waals surface area contributed by atoms with Crippen LogP contribution in [0.5, 0.6) is 5.75 Å². The Bertz CT molecular complexity index is 946. The van der Waals surface area contributed by atoms with E-state index >= 15 is 0 Å². The van der Waals surface area contributed by atoms with Crippen LogP contribution in [0.2, 0.25) is 0 Å². The number of nitrogens with zero attached hydrogens (tertiary/aromatic N) is 1. The van der Waals surface area contributed by atoms with Gasteiger partial charge in [0.05, 0.1) is 5.56 Å². The van der Waals surface area contributed by atoms with Crippen LogP contribution in [0, 0.1) is 0 Å². The smallest absolute Gasteiger partial charge is 0.416 e. The van der Waals surface area contributed by atoms with Crippen molar-refractivity contribution in [3.05, 3.63) is 83.1 Å². The molecule has 0 atom stereocenters. The molecule has 0 fully saturated rings. The number of hydrogen-bond donors (Lipinski definition) is 1. The van der Waals surface area contributed by atoms with E-state index < -0.39 is 11.7 Å². The minimum absolute atomic E-state index is 0.254. The number of benzene rings is 2. The van der Waals surface area contributed by atoms with Gasteiger partial charge < -0.3 is 14.9 Å². The lowest BCUT2D eigenvalue weighted by Gasteiger charge is -2.05. The number of alkyl halides is 3. The van der Waals surface area contributed by atoms with Gasteiger partial charge >= 0.3 is 6.18 Å². The van der Waals surface area contributed by atoms with E-state index in [4.69, 9.17) is 14.9 Å². The third kappa shape index (κ3) is 6.49. The Hall–Kier alpha value is -3.06. The number of ether oxygens (including phenoxy) is 1. The molecule has 3 rings (SSSR count). The zero-order chi connectivity index (χ0) is 21.4. The van der Waals surface area contributed by atoms with Crippen molar-refractivity contribution in [2.24, 2.45) is 5.73 Å². The fourth-order valence-electron chi connectivity index (χ4n) is 2.80. The summed E-state index contributed by atoms with van der Waals surface area (Å²) in [5, 5.41) is 0. The number of aryl methyl sites for hydroxylation is 1. The van der Waals surface area contributed by atoms with E-state index in [0.717, 1.165) is 37.1 Å². The lowest BCUT2D eigenvalue weighted by Crippen LogP contribution is -2.03. The molecule has 3 aromatic rings. The zero-order valence-electron chi connectivity index (χ0n) is 16.4. The summed E-state index contributed by atoms with van der Waals surface area (Å²) in [4.78, 5) is 4.29. The molecule has 0 saturated heterocycles. The molecule has 0 spiro atoms. The number of oxazole rings is 1. The van der Waals surface area contributed by atoms with Crippen LogP contribution in [0.1, 0.15) is 41.1 Å². The molecule has 0 aliphatic carbocycles. The first-order valence-electron chi connectivity index (χ1n) is 9.65. The van der Waals surface area contributed by atoms with Crippen molar-refractivity contribution in [1.29, 1.82) is 0 Å². The first-order chi connectivity index (χ1) is 14.4. The molecule has 0 saturated carbocycles. The molecule has 4 nitrogen and oxygen atoms in total. The van der Waals surface area contributed by atoms with Gasteiger partial charge in [0.2, 0.25) is 5.89 Å². The first kappa shape index (κ1) is 21.6. The lowest BCUT2D eigenvalue weighted by molar-refractivity contribution is -0.137. The molecule has 0 aliphatic heterocycles. The maximum atomic E-state index is 12.6. The van der Waals surface area contributed by atoms with Gasteiger partial charge in [0, 0.05) is 6.08 Å². The summed E-state index contributed by atoms with van der Waals surface area (Å²) in [5.74, 6) is 1.09. The van der Waals surface area contributed by atoms with Gasteiger partial charge in [0.15, 0.2) is 0 Å². The molecule has 7 heteroatoms. The van der Waals surface area contributed by atoms with E-state index in [0.29, 0.717) is 23.7 Å². The fraction of sp³-hybridized carbons (Fsp3) is 0.261. The molecule has 1 heterocycles. The molecule has 0 bridgehead atoms. The standard InChI is InChI=1S/C23H23F3N2O2/c24-23(25,26)19-9-4-18(5-10-19)8-13-22-28-20(16-30-22)15-29-21-11-6-17(7-12-21)3-1-2-14-27/h4-13,16H,1-3,14-15,27H2. The number of nitrogens with two attached hydrogens (primary N) is 1. The zero-order valence-corrected chi connectivity index (χ0v) is 16.4. The molecule has 158 valence electrons. The van der Waals surface area contributed by atoms with Crippen molar-refractivity contribution in [2.45, 2.75) is 32.0 Å². The fourth-order valence-corrected chi connectivity index (χ4v) is 2.80. The number of hydrogen-bond acceptors (Lipinski definition) is 4. The molecular weight excluding hydrogens is 393 g/mol. The normalized spacial score (nSPS) is 11.9. The SMILES string of the molecule is NCCCCc1ccc(OCc2coc(C=Cc3ccc(C(F)(F)F)cc3)n2)cc1. The Kier molecular flexibility index (Phi) is 7.30. The van der Waals surface area contributed by atoms with Crippen molar-refractivity contribution in [1.82, 2.24) is 4.98 Å². The van der Waals surface area contributed by atoms with Crippen LogP contribution in [0.3, 0.4) is 0 Å². The molecule has 0 unspecified atom stereocenters. The Morgan fingerprint density at radius 1 is 0.967 bits per heavy atom. The third-order valence-corrected chi connectivity index (χ3v) is 4.46. The average Bonchev–Trinajstić information content (AvgIpc) is 3.19. The van der Waals surface area contributed by atoms with Crippen molar-refractivity contribution >= 4 is 12.2 Å². The highest BCUT2D eigenvalue weighted by atomic mass is 19.4. The largest absolute Gasteiger partial charge is 0.487 e. The maximum Gasteiger partial charge on any atom is 0.416 e. The monoisotopic (exact) mass is 416 g/mol. The molecule has 1 aromatic heterocycles. The van der Waals surface area contributed by atoms with Gasteiger partial charge in [-0.1, -0.05) is 24.3 Å². The molecular formula is C23H23F3N2O2. The second-order valence-electron chi connectivity index (χ2n) is 6.81. The molecule has 2 N–H and O–H groups in total. The van der Waals surface area contributed by atoms with Crippen molar-refractivity contribution in [2.75, 3.05) is 6.54 Å². The van der Waals surface area contributed by atoms with Crippen LogP contribution >= 0.6 is 0 Å². The molecule has 2 aromatic carbocycles. The van der Waals surface area contributed by atoms with E-state index in [-0.39, 0.29) is 6.61 Å². The Labute approximate surface area is 173 Å². The predicted octanol–water partition coefficient (Wildman–Crippen LogP) is 5.72. The summed E-state index contributed by atoms with van der Waals surface area (Å²) in [5.41, 5.74) is 7.30. The second kappa shape index (κ2) is 10.1. The van der Waals surface area contributed by atoms with Gasteiger partial charge in [-0.25, -0.2) is 4.98 Å². The van der Waals surface area contributed by atoms with E-state index in [2.05, 4.69) is 4.98 Å². The van der Waals surface area contributed by atoms with Crippen LogP contribution in [0.4, 0.5) is 13.2 Å². The van der Waals surface area contributed by atoms with Gasteiger partial charge in [-0.3, -0.25) is 0 Å². The highest BCUT2D eigenvalue weighted by Crippen LogP contribution is 2.29. The van der Waals surface area contributed by atoms with Gasteiger partial charge in [-0.05, 0) is 67.3 Å². The minimum Gasteiger partial charge on any atom is -0.487 e. The van der Waals surface area contributed by atoms with Crippen LogP contribution < -0.4 is 10.5 Å². The van der Waals surface area contributed by atoms with Crippen LogP contribution in [0.15, 0.2) is 59.2 Å². The maximum absolute atomic E-state index is 12.6. The Morgan fingerprint density at radius 3 is 2.37 bits per heavy atom. The molecule has 30 heavy (non-hydrogen) atoms. The summed E-state index contributed by atoms with van der Waals surface area (Å²) in [6.45, 7) is 0.963. The summed E-state index contributed by atoms with van der Waals surface area (Å²) >= 11 is 0. The Balaban J connectivity index is 1.51. The topological polar surface area (TPSA) is 61.3 Å². The number of aromatic nitrogens is 1. The molecule has 0 aliphatic rings. The van der Waals surface area contributed by atoms with Crippen LogP contribution in [-0.2, 0) is 19.2 Å². The highest BCUT2D eigenvalue weighted by Gasteiger charge is 2.29. The molecule has 0 radical (unpaired) electrons. The third-order valence-electron chi connectivity index (χ3n) is 4.46. The predicted molar refractivity (Wildman–Crippen MR) is 110 cm³/mol. The highest BCUT2D eigenvalue weighted by molar-refractivity contribution is 5.66. The minimum atomic E-state index is -4.34. The lowest BCUT2D eigenvalue weighted by atomic mass is 10.1. The van der Waals surface area contributed by atoms with Gasteiger partial charge in [-0.2, -0.15) is 13.2 Å². The Morgan fingerprint density at radius 2 is 1.70 bits per heavy atom. The quantitative estimate of drug-likeness (QED) is 0.453. The van der Waals surface area contributed by atoms with Gasteiger partial charge in [0.1, 0.15) is 24.3 Å². The van der Waals surface area contributed by atoms with E-state index in [1.807, 2.05) is 24.3 Å². The summed E-state index contributed by atoms with van der Waals surface area (Å²) < 4.78 is 48.9. The van der Waals surface area contributed by atoms with E-state index in [9.17, 15) is 13.2 Å². The summed E-state index contributed by atoms with van der Waals surface area (Å²) in [6.07, 6.45) is 3.47. The number of rotatable bonds is 9. The summed E-state index contributed by atoms with van der Waals surface area (Å²) in [6, 6.07) is 12.8. The van der Waals surface area contributed by atoms with Crippen molar-refractivity contribution in [3.63, 3.8) is 0 Å². The van der Waals surface area contributed by atoms with Crippen molar-refractivity contribution < 1.29 is 22.3 Å². The van der Waals surface area contributed by atoms with Crippen molar-refractivity contribution in [3.8, 4) is 5.75 Å². The number of halogens is 3. The van der Waals surface area contributed by atoms with Gasteiger partial charge in [0.25, 0.3) is 0 Å². The van der Waals surface area contributed by atoms with Gasteiger partial charge in [-0.15, -0.1) is 0 Å². The average molecular weight is 416 g/mol.